The van der Waals surface area contributed by atoms with Crippen LogP contribution < -0.4 is 11.1 Å². The molecule has 0 radical (unpaired) electrons. The molecule has 0 aliphatic rings. The molecule has 0 saturated heterocycles. The van der Waals surface area contributed by atoms with Crippen LogP contribution in [0.2, 0.25) is 0 Å². The second-order valence-electron chi connectivity index (χ2n) is 5.48. The second-order valence-corrected chi connectivity index (χ2v) is 5.86. The molecular formula is C18H30Cl2N2O3. The van der Waals surface area contributed by atoms with Crippen LogP contribution in [-0.2, 0) is 16.0 Å². The minimum absolute atomic E-state index is 0. The van der Waals surface area contributed by atoms with Gasteiger partial charge in [-0.25, -0.2) is 0 Å². The average Bonchev–Trinajstić information content (AvgIpc) is 2.62. The molecule has 1 amide bonds. The predicted molar refractivity (Wildman–Crippen MR) is 105 cm³/mol. The van der Waals surface area contributed by atoms with Crippen LogP contribution >= 0.6 is 24.0 Å². The van der Waals surface area contributed by atoms with Crippen LogP contribution in [0.4, 0.5) is 0 Å². The topological polar surface area (TPSA) is 73.6 Å². The zero-order valence-corrected chi connectivity index (χ0v) is 16.2. The molecule has 25 heavy (non-hydrogen) atoms. The van der Waals surface area contributed by atoms with Gasteiger partial charge in [-0.15, -0.1) is 24.0 Å². The van der Waals surface area contributed by atoms with E-state index in [1.54, 1.807) is 12.1 Å². The Morgan fingerprint density at radius 3 is 2.24 bits per heavy atom. The van der Waals surface area contributed by atoms with Crippen LogP contribution in [0.25, 0.3) is 0 Å². The summed E-state index contributed by atoms with van der Waals surface area (Å²) in [4.78, 5) is 11.9. The molecule has 0 spiro atoms. The Labute approximate surface area is 162 Å². The van der Waals surface area contributed by atoms with Crippen molar-refractivity contribution in [2.45, 2.75) is 32.2 Å². The minimum atomic E-state index is -0.102. The van der Waals surface area contributed by atoms with Crippen molar-refractivity contribution in [1.29, 1.82) is 0 Å². The third-order valence-corrected chi connectivity index (χ3v) is 3.80. The van der Waals surface area contributed by atoms with Gasteiger partial charge in [-0.1, -0.05) is 25.0 Å². The highest BCUT2D eigenvalue weighted by molar-refractivity contribution is 6.17. The van der Waals surface area contributed by atoms with Crippen molar-refractivity contribution < 1.29 is 14.3 Å². The lowest BCUT2D eigenvalue weighted by atomic mass is 10.1. The monoisotopic (exact) mass is 392 g/mol. The maximum atomic E-state index is 11.9. The molecule has 0 unspecified atom stereocenters. The van der Waals surface area contributed by atoms with E-state index in [2.05, 4.69) is 5.32 Å². The fourth-order valence-electron chi connectivity index (χ4n) is 2.11. The van der Waals surface area contributed by atoms with Gasteiger partial charge in [0.25, 0.3) is 5.91 Å². The molecule has 0 saturated carbocycles. The molecule has 0 aliphatic carbocycles. The van der Waals surface area contributed by atoms with Gasteiger partial charge >= 0.3 is 0 Å². The Morgan fingerprint density at radius 1 is 0.960 bits per heavy atom. The summed E-state index contributed by atoms with van der Waals surface area (Å²) < 4.78 is 10.9. The van der Waals surface area contributed by atoms with E-state index in [1.165, 1.54) is 0 Å². The summed E-state index contributed by atoms with van der Waals surface area (Å²) in [5.74, 6) is 0.639. The van der Waals surface area contributed by atoms with Gasteiger partial charge in [-0.3, -0.25) is 4.79 Å². The van der Waals surface area contributed by atoms with Crippen molar-refractivity contribution in [2.75, 3.05) is 38.9 Å². The molecule has 0 aromatic heterocycles. The normalized spacial score (nSPS) is 10.3. The number of benzene rings is 1. The van der Waals surface area contributed by atoms with Gasteiger partial charge in [0.1, 0.15) is 0 Å². The maximum Gasteiger partial charge on any atom is 0.251 e. The summed E-state index contributed by atoms with van der Waals surface area (Å²) in [5, 5.41) is 2.82. The second kappa shape index (κ2) is 16.6. The number of hydrogen-bond acceptors (Lipinski definition) is 4. The number of alkyl halides is 1. The first kappa shape index (κ1) is 24.1. The highest BCUT2D eigenvalue weighted by atomic mass is 35.5. The Hall–Kier alpha value is -0.850. The third kappa shape index (κ3) is 12.2. The van der Waals surface area contributed by atoms with E-state index in [-0.39, 0.29) is 18.3 Å². The van der Waals surface area contributed by atoms with Gasteiger partial charge in [0.05, 0.1) is 19.8 Å². The number of nitrogens with one attached hydrogen (secondary N) is 1. The average molecular weight is 393 g/mol. The van der Waals surface area contributed by atoms with Gasteiger partial charge < -0.3 is 20.5 Å². The molecule has 0 bridgehead atoms. The van der Waals surface area contributed by atoms with Crippen LogP contribution in [0.3, 0.4) is 0 Å². The first-order valence-electron chi connectivity index (χ1n) is 8.56. The van der Waals surface area contributed by atoms with Crippen molar-refractivity contribution >= 4 is 29.9 Å². The van der Waals surface area contributed by atoms with Crippen molar-refractivity contribution in [3.63, 3.8) is 0 Å². The van der Waals surface area contributed by atoms with Gasteiger partial charge in [-0.05, 0) is 30.5 Å². The third-order valence-electron chi connectivity index (χ3n) is 3.53. The van der Waals surface area contributed by atoms with Gasteiger partial charge in [-0.2, -0.15) is 0 Å². The molecule has 144 valence electrons. The number of ether oxygens (including phenoxy) is 2. The number of nitrogens with two attached hydrogens (primary N) is 1. The minimum Gasteiger partial charge on any atom is -0.379 e. The first-order valence-corrected chi connectivity index (χ1v) is 9.10. The van der Waals surface area contributed by atoms with Crippen molar-refractivity contribution in [1.82, 2.24) is 5.32 Å². The van der Waals surface area contributed by atoms with Gasteiger partial charge in [0, 0.05) is 31.1 Å². The molecule has 0 atom stereocenters. The first-order chi connectivity index (χ1) is 11.8. The lowest BCUT2D eigenvalue weighted by Gasteiger charge is -2.08. The lowest BCUT2D eigenvalue weighted by Crippen LogP contribution is -2.27. The predicted octanol–water partition coefficient (Wildman–Crippen LogP) is 3.13. The number of amides is 1. The lowest BCUT2D eigenvalue weighted by molar-refractivity contribution is 0.0468. The number of carbonyl (C=O) groups excluding carboxylic acids is 1. The van der Waals surface area contributed by atoms with E-state index in [4.69, 9.17) is 26.8 Å². The smallest absolute Gasteiger partial charge is 0.251 e. The molecule has 1 rings (SSSR count). The Balaban J connectivity index is 0.00000576. The molecule has 5 nitrogen and oxygen atoms in total. The number of unbranched alkanes of at least 4 members (excludes halogenated alkanes) is 3. The summed E-state index contributed by atoms with van der Waals surface area (Å²) in [6.07, 6.45) is 4.47. The van der Waals surface area contributed by atoms with E-state index in [9.17, 15) is 4.79 Å². The van der Waals surface area contributed by atoms with Gasteiger partial charge in [0.2, 0.25) is 0 Å². The van der Waals surface area contributed by atoms with Gasteiger partial charge in [0.15, 0.2) is 0 Å². The summed E-state index contributed by atoms with van der Waals surface area (Å²) in [5.41, 5.74) is 7.17. The number of hydrogen-bond donors (Lipinski definition) is 2. The Morgan fingerprint density at radius 2 is 1.60 bits per heavy atom. The van der Waals surface area contributed by atoms with E-state index in [0.717, 1.165) is 43.7 Å². The van der Waals surface area contributed by atoms with Crippen LogP contribution in [-0.4, -0.2) is 44.8 Å². The molecule has 0 heterocycles. The molecule has 0 aliphatic heterocycles. The van der Waals surface area contributed by atoms with Crippen LogP contribution in [0.5, 0.6) is 0 Å². The highest BCUT2D eigenvalue weighted by Crippen LogP contribution is 2.03. The summed E-state index contributed by atoms with van der Waals surface area (Å²) in [6, 6.07) is 7.27. The van der Waals surface area contributed by atoms with Crippen LogP contribution in [0, 0.1) is 0 Å². The number of rotatable bonds is 14. The van der Waals surface area contributed by atoms with E-state index >= 15 is 0 Å². The van der Waals surface area contributed by atoms with E-state index in [1.807, 2.05) is 12.1 Å². The number of carbonyl (C=O) groups is 1. The van der Waals surface area contributed by atoms with E-state index in [0.29, 0.717) is 38.5 Å². The van der Waals surface area contributed by atoms with E-state index < -0.39 is 0 Å². The molecule has 1 aromatic rings. The van der Waals surface area contributed by atoms with Crippen molar-refractivity contribution in [3.05, 3.63) is 35.4 Å². The number of halogens is 2. The summed E-state index contributed by atoms with van der Waals surface area (Å²) in [7, 11) is 0. The molecule has 3 N–H and O–H groups in total. The molecule has 0 fully saturated rings. The highest BCUT2D eigenvalue weighted by Gasteiger charge is 2.04. The standard InChI is InChI=1S/C18H29ClN2O3.ClH/c19-9-3-1-2-4-11-23-13-14-24-12-10-21-18(22)17-7-5-16(15-20)6-8-17;/h5-8H,1-4,9-15,20H2,(H,21,22);1H. The molecule has 7 heteroatoms. The fourth-order valence-corrected chi connectivity index (χ4v) is 2.29. The Kier molecular flexibility index (Phi) is 16.0. The largest absolute Gasteiger partial charge is 0.379 e. The quantitative estimate of drug-likeness (QED) is 0.376. The SMILES string of the molecule is Cl.NCc1ccc(C(=O)NCCOCCOCCCCCCCl)cc1. The zero-order chi connectivity index (χ0) is 17.5. The van der Waals surface area contributed by atoms with Crippen LogP contribution in [0.1, 0.15) is 41.6 Å². The zero-order valence-electron chi connectivity index (χ0n) is 14.7. The van der Waals surface area contributed by atoms with Crippen LogP contribution in [0.15, 0.2) is 24.3 Å². The van der Waals surface area contributed by atoms with Crippen molar-refractivity contribution in [2.24, 2.45) is 5.73 Å². The molecular weight excluding hydrogens is 363 g/mol. The Bertz CT molecular complexity index is 444. The molecule has 1 aromatic carbocycles. The summed E-state index contributed by atoms with van der Waals surface area (Å²) in [6.45, 7) is 3.33. The van der Waals surface area contributed by atoms with Crippen molar-refractivity contribution in [3.8, 4) is 0 Å². The fraction of sp³-hybridized carbons (Fsp3) is 0.611. The summed E-state index contributed by atoms with van der Waals surface area (Å²) >= 11 is 5.61. The maximum absolute atomic E-state index is 11.9.